The van der Waals surface area contributed by atoms with Gasteiger partial charge in [-0.1, -0.05) is 18.2 Å². The Hall–Kier alpha value is -1.50. The summed E-state index contributed by atoms with van der Waals surface area (Å²) in [6, 6.07) is 8.26. The van der Waals surface area contributed by atoms with Gasteiger partial charge in [-0.05, 0) is 37.6 Å². The topological polar surface area (TPSA) is 13.1 Å². The van der Waals surface area contributed by atoms with Gasteiger partial charge in [0.15, 0.2) is 0 Å². The third-order valence-electron chi connectivity index (χ3n) is 2.02. The number of benzene rings is 1. The van der Waals surface area contributed by atoms with E-state index in [1.165, 1.54) is 10.9 Å². The fraction of sp³-hybridized carbons (Fsp3) is 0.167. The SMILES string of the molecule is C/C=C/c1ccc2oc(C)cc2c1. The van der Waals surface area contributed by atoms with Crippen molar-refractivity contribution in [1.29, 1.82) is 0 Å². The van der Waals surface area contributed by atoms with Crippen molar-refractivity contribution < 1.29 is 4.42 Å². The van der Waals surface area contributed by atoms with E-state index in [2.05, 4.69) is 24.3 Å². The highest BCUT2D eigenvalue weighted by Gasteiger charge is 1.99. The highest BCUT2D eigenvalue weighted by atomic mass is 16.3. The van der Waals surface area contributed by atoms with Crippen LogP contribution in [0.1, 0.15) is 18.2 Å². The normalized spacial score (nSPS) is 11.5. The van der Waals surface area contributed by atoms with Gasteiger partial charge in [0.2, 0.25) is 0 Å². The van der Waals surface area contributed by atoms with Crippen LogP contribution in [-0.2, 0) is 0 Å². The summed E-state index contributed by atoms with van der Waals surface area (Å²) in [4.78, 5) is 0. The van der Waals surface area contributed by atoms with E-state index in [1.54, 1.807) is 0 Å². The molecule has 1 aromatic heterocycles. The van der Waals surface area contributed by atoms with Crippen LogP contribution < -0.4 is 0 Å². The van der Waals surface area contributed by atoms with Crippen LogP contribution in [0, 0.1) is 6.92 Å². The zero-order valence-corrected chi connectivity index (χ0v) is 7.87. The predicted octanol–water partition coefficient (Wildman–Crippen LogP) is 3.77. The molecule has 0 saturated heterocycles. The molecule has 0 aliphatic rings. The van der Waals surface area contributed by atoms with Gasteiger partial charge in [-0.2, -0.15) is 0 Å². The first-order valence-corrected chi connectivity index (χ1v) is 4.42. The van der Waals surface area contributed by atoms with Crippen molar-refractivity contribution >= 4 is 17.0 Å². The minimum Gasteiger partial charge on any atom is -0.461 e. The van der Waals surface area contributed by atoms with E-state index in [0.29, 0.717) is 0 Å². The van der Waals surface area contributed by atoms with Crippen molar-refractivity contribution in [2.45, 2.75) is 13.8 Å². The number of rotatable bonds is 1. The number of hydrogen-bond acceptors (Lipinski definition) is 1. The van der Waals surface area contributed by atoms with Crippen LogP contribution in [0.5, 0.6) is 0 Å². The van der Waals surface area contributed by atoms with Crippen molar-refractivity contribution in [3.8, 4) is 0 Å². The minimum absolute atomic E-state index is 0.964. The summed E-state index contributed by atoms with van der Waals surface area (Å²) in [5.74, 6) is 0.965. The molecule has 0 saturated carbocycles. The molecule has 0 unspecified atom stereocenters. The van der Waals surface area contributed by atoms with Gasteiger partial charge in [0.05, 0.1) is 0 Å². The Labute approximate surface area is 77.7 Å². The Morgan fingerprint density at radius 3 is 2.85 bits per heavy atom. The third kappa shape index (κ3) is 1.50. The van der Waals surface area contributed by atoms with Gasteiger partial charge in [0, 0.05) is 5.39 Å². The molecule has 0 spiro atoms. The molecule has 1 heterocycles. The van der Waals surface area contributed by atoms with Gasteiger partial charge >= 0.3 is 0 Å². The van der Waals surface area contributed by atoms with Crippen LogP contribution in [0.25, 0.3) is 17.0 Å². The number of furan rings is 1. The maximum Gasteiger partial charge on any atom is 0.134 e. The largest absolute Gasteiger partial charge is 0.461 e. The van der Waals surface area contributed by atoms with Crippen LogP contribution in [0.15, 0.2) is 34.8 Å². The van der Waals surface area contributed by atoms with Crippen LogP contribution in [0.4, 0.5) is 0 Å². The monoisotopic (exact) mass is 172 g/mol. The van der Waals surface area contributed by atoms with Gasteiger partial charge < -0.3 is 4.42 Å². The summed E-state index contributed by atoms with van der Waals surface area (Å²) < 4.78 is 5.48. The summed E-state index contributed by atoms with van der Waals surface area (Å²) >= 11 is 0. The lowest BCUT2D eigenvalue weighted by molar-refractivity contribution is 0.578. The fourth-order valence-electron chi connectivity index (χ4n) is 1.49. The van der Waals surface area contributed by atoms with E-state index in [4.69, 9.17) is 4.42 Å². The van der Waals surface area contributed by atoms with E-state index in [-0.39, 0.29) is 0 Å². The molecule has 0 aliphatic carbocycles. The van der Waals surface area contributed by atoms with Crippen LogP contribution in [-0.4, -0.2) is 0 Å². The summed E-state index contributed by atoms with van der Waals surface area (Å²) in [5, 5.41) is 1.17. The number of aryl methyl sites for hydroxylation is 1. The van der Waals surface area contributed by atoms with Crippen LogP contribution in [0.2, 0.25) is 0 Å². The molecule has 0 bridgehead atoms. The minimum atomic E-state index is 0.964. The summed E-state index contributed by atoms with van der Waals surface area (Å²) in [5.41, 5.74) is 2.18. The molecule has 2 aromatic rings. The molecule has 0 atom stereocenters. The fourth-order valence-corrected chi connectivity index (χ4v) is 1.49. The molecule has 0 fully saturated rings. The summed E-state index contributed by atoms with van der Waals surface area (Å²) in [7, 11) is 0. The second-order valence-corrected chi connectivity index (χ2v) is 3.15. The first-order valence-electron chi connectivity index (χ1n) is 4.42. The average Bonchev–Trinajstić information content (AvgIpc) is 2.44. The third-order valence-corrected chi connectivity index (χ3v) is 2.02. The first kappa shape index (κ1) is 8.11. The van der Waals surface area contributed by atoms with Gasteiger partial charge in [-0.3, -0.25) is 0 Å². The van der Waals surface area contributed by atoms with E-state index < -0.39 is 0 Å². The van der Waals surface area contributed by atoms with Crippen molar-refractivity contribution in [2.24, 2.45) is 0 Å². The lowest BCUT2D eigenvalue weighted by atomic mass is 10.1. The number of fused-ring (bicyclic) bond motifs is 1. The lowest BCUT2D eigenvalue weighted by Gasteiger charge is -1.91. The highest BCUT2D eigenvalue weighted by molar-refractivity contribution is 5.80. The van der Waals surface area contributed by atoms with Gasteiger partial charge in [-0.25, -0.2) is 0 Å². The second kappa shape index (κ2) is 3.09. The Morgan fingerprint density at radius 1 is 1.23 bits per heavy atom. The summed E-state index contributed by atoms with van der Waals surface area (Å²) in [6.45, 7) is 3.99. The van der Waals surface area contributed by atoms with E-state index in [0.717, 1.165) is 11.3 Å². The molecule has 0 aliphatic heterocycles. The molecule has 1 heteroatoms. The molecule has 1 nitrogen and oxygen atoms in total. The zero-order chi connectivity index (χ0) is 9.26. The number of allylic oxidation sites excluding steroid dienone is 1. The van der Waals surface area contributed by atoms with Crippen molar-refractivity contribution in [3.63, 3.8) is 0 Å². The van der Waals surface area contributed by atoms with Crippen LogP contribution >= 0.6 is 0 Å². The maximum absolute atomic E-state index is 5.48. The van der Waals surface area contributed by atoms with Gasteiger partial charge in [0.25, 0.3) is 0 Å². The lowest BCUT2D eigenvalue weighted by Crippen LogP contribution is -1.69. The Kier molecular flexibility index (Phi) is 1.93. The molecule has 2 rings (SSSR count). The maximum atomic E-state index is 5.48. The molecule has 0 radical (unpaired) electrons. The van der Waals surface area contributed by atoms with E-state index in [1.807, 2.05) is 26.0 Å². The average molecular weight is 172 g/mol. The molecule has 0 N–H and O–H groups in total. The second-order valence-electron chi connectivity index (χ2n) is 3.15. The first-order chi connectivity index (χ1) is 6.29. The predicted molar refractivity (Wildman–Crippen MR) is 55.7 cm³/mol. The van der Waals surface area contributed by atoms with Crippen LogP contribution in [0.3, 0.4) is 0 Å². The highest BCUT2D eigenvalue weighted by Crippen LogP contribution is 2.20. The molecular formula is C12H12O. The zero-order valence-electron chi connectivity index (χ0n) is 7.87. The molecule has 66 valence electrons. The quantitative estimate of drug-likeness (QED) is 0.638. The van der Waals surface area contributed by atoms with E-state index in [9.17, 15) is 0 Å². The van der Waals surface area contributed by atoms with Crippen molar-refractivity contribution in [1.82, 2.24) is 0 Å². The molecule has 1 aromatic carbocycles. The summed E-state index contributed by atoms with van der Waals surface area (Å²) in [6.07, 6.45) is 4.12. The van der Waals surface area contributed by atoms with Gasteiger partial charge in [-0.15, -0.1) is 0 Å². The van der Waals surface area contributed by atoms with Gasteiger partial charge in [0.1, 0.15) is 11.3 Å². The van der Waals surface area contributed by atoms with Crippen molar-refractivity contribution in [2.75, 3.05) is 0 Å². The molecular weight excluding hydrogens is 160 g/mol. The smallest absolute Gasteiger partial charge is 0.134 e. The Morgan fingerprint density at radius 2 is 2.08 bits per heavy atom. The molecule has 0 amide bonds. The Balaban J connectivity index is 2.61. The standard InChI is InChI=1S/C12H12O/c1-3-4-10-5-6-12-11(8-10)7-9(2)13-12/h3-8H,1-2H3/b4-3+. The molecule has 13 heavy (non-hydrogen) atoms. The van der Waals surface area contributed by atoms with Crippen molar-refractivity contribution in [3.05, 3.63) is 41.7 Å². The van der Waals surface area contributed by atoms with E-state index >= 15 is 0 Å². The number of hydrogen-bond donors (Lipinski definition) is 0. The Bertz CT molecular complexity index is 449.